The number of nitrogens with one attached hydrogen (secondary N) is 1. The minimum absolute atomic E-state index is 0.257. The van der Waals surface area contributed by atoms with Gasteiger partial charge in [0.1, 0.15) is 12.1 Å². The van der Waals surface area contributed by atoms with E-state index in [0.717, 1.165) is 42.7 Å². The van der Waals surface area contributed by atoms with E-state index in [9.17, 15) is 8.42 Å². The van der Waals surface area contributed by atoms with E-state index in [1.165, 1.54) is 6.33 Å². The highest BCUT2D eigenvalue weighted by Gasteiger charge is 2.23. The maximum absolute atomic E-state index is 11.0. The number of rotatable bonds is 6. The van der Waals surface area contributed by atoms with E-state index in [0.29, 0.717) is 18.0 Å². The van der Waals surface area contributed by atoms with Gasteiger partial charge in [0.2, 0.25) is 0 Å². The first-order valence-corrected chi connectivity index (χ1v) is 9.85. The Kier molecular flexibility index (Phi) is 5.44. The largest absolute Gasteiger partial charge is 0.493 e. The van der Waals surface area contributed by atoms with Crippen molar-refractivity contribution in [2.75, 3.05) is 38.8 Å². The third kappa shape index (κ3) is 4.14. The number of hydrogen-bond acceptors (Lipinski definition) is 7. The van der Waals surface area contributed by atoms with Gasteiger partial charge < -0.3 is 14.4 Å². The van der Waals surface area contributed by atoms with Crippen LogP contribution in [0.5, 0.6) is 11.5 Å². The summed E-state index contributed by atoms with van der Waals surface area (Å²) in [7, 11) is -0.458. The third-order valence-corrected chi connectivity index (χ3v) is 5.18. The quantitative estimate of drug-likeness (QED) is 0.754. The van der Waals surface area contributed by atoms with Gasteiger partial charge in [-0.05, 0) is 24.8 Å². The summed E-state index contributed by atoms with van der Waals surface area (Å²) in [4.78, 5) is 11.0. The van der Waals surface area contributed by atoms with Crippen LogP contribution in [0, 0.1) is 5.92 Å². The van der Waals surface area contributed by atoms with Crippen molar-refractivity contribution in [1.29, 1.82) is 0 Å². The first-order valence-electron chi connectivity index (χ1n) is 8.30. The van der Waals surface area contributed by atoms with Gasteiger partial charge in [-0.2, -0.15) is 8.42 Å². The third-order valence-electron chi connectivity index (χ3n) is 4.61. The fourth-order valence-corrected chi connectivity index (χ4v) is 3.67. The van der Waals surface area contributed by atoms with Gasteiger partial charge >= 0.3 is 0 Å². The Morgan fingerprint density at radius 1 is 1.19 bits per heavy atom. The van der Waals surface area contributed by atoms with Crippen molar-refractivity contribution in [3.63, 3.8) is 0 Å². The first kappa shape index (κ1) is 18.6. The van der Waals surface area contributed by atoms with Crippen LogP contribution in [-0.2, 0) is 10.2 Å². The zero-order valence-corrected chi connectivity index (χ0v) is 15.6. The smallest absolute Gasteiger partial charge is 0.274 e. The molecule has 0 bridgehead atoms. The number of ether oxygens (including phenoxy) is 2. The molecular weight excluding hydrogens is 358 g/mol. The number of benzene rings is 1. The second-order valence-electron chi connectivity index (χ2n) is 6.25. The molecule has 1 aliphatic heterocycles. The molecule has 9 nitrogen and oxygen atoms in total. The van der Waals surface area contributed by atoms with E-state index in [4.69, 9.17) is 14.6 Å². The molecule has 1 aliphatic rings. The molecule has 3 N–H and O–H groups in total. The molecule has 10 heteroatoms. The summed E-state index contributed by atoms with van der Waals surface area (Å²) in [6.45, 7) is 1.91. The second-order valence-corrected chi connectivity index (χ2v) is 7.62. The summed E-state index contributed by atoms with van der Waals surface area (Å²) in [5, 5.41) is 5.89. The summed E-state index contributed by atoms with van der Waals surface area (Å²) in [6.07, 6.45) is 3.24. The van der Waals surface area contributed by atoms with E-state index in [-0.39, 0.29) is 5.92 Å². The van der Waals surface area contributed by atoms with Crippen LogP contribution in [0.15, 0.2) is 18.5 Å². The molecule has 0 saturated carbocycles. The first-order chi connectivity index (χ1) is 12.4. The molecule has 26 heavy (non-hydrogen) atoms. The lowest BCUT2D eigenvalue weighted by Gasteiger charge is -2.33. The maximum atomic E-state index is 11.0. The molecule has 0 unspecified atom stereocenters. The molecule has 0 aliphatic carbocycles. The van der Waals surface area contributed by atoms with Crippen LogP contribution in [-0.4, -0.2) is 52.2 Å². The van der Waals surface area contributed by atoms with Crippen molar-refractivity contribution in [3.8, 4) is 11.5 Å². The Labute approximate surface area is 152 Å². The molecule has 2 aromatic rings. The van der Waals surface area contributed by atoms with Crippen LogP contribution in [0.25, 0.3) is 10.9 Å². The average Bonchev–Trinajstić information content (AvgIpc) is 2.64. The second kappa shape index (κ2) is 7.60. The Morgan fingerprint density at radius 3 is 2.46 bits per heavy atom. The summed E-state index contributed by atoms with van der Waals surface area (Å²) in [5.74, 6) is 2.35. The molecule has 0 radical (unpaired) electrons. The predicted molar refractivity (Wildman–Crippen MR) is 98.7 cm³/mol. The molecule has 142 valence electrons. The van der Waals surface area contributed by atoms with Gasteiger partial charge in [-0.1, -0.05) is 0 Å². The van der Waals surface area contributed by atoms with Crippen molar-refractivity contribution in [2.24, 2.45) is 11.1 Å². The van der Waals surface area contributed by atoms with Gasteiger partial charge in [0.25, 0.3) is 10.2 Å². The van der Waals surface area contributed by atoms with Gasteiger partial charge in [0.05, 0.1) is 19.7 Å². The number of nitrogens with zero attached hydrogens (tertiary/aromatic N) is 3. The molecule has 0 spiro atoms. The monoisotopic (exact) mass is 381 g/mol. The lowest BCUT2D eigenvalue weighted by Crippen LogP contribution is -2.40. The van der Waals surface area contributed by atoms with E-state index >= 15 is 0 Å². The number of fused-ring (bicyclic) bond motifs is 1. The molecular formula is C16H23N5O4S. The SMILES string of the molecule is COc1cc2ncnc(N3CCC(CNS(N)(=O)=O)CC3)c2cc1OC. The zero-order valence-electron chi connectivity index (χ0n) is 14.8. The van der Waals surface area contributed by atoms with Crippen molar-refractivity contribution in [1.82, 2.24) is 14.7 Å². The maximum Gasteiger partial charge on any atom is 0.274 e. The van der Waals surface area contributed by atoms with E-state index < -0.39 is 10.2 Å². The number of hydrogen-bond donors (Lipinski definition) is 2. The van der Waals surface area contributed by atoms with E-state index in [2.05, 4.69) is 19.6 Å². The minimum Gasteiger partial charge on any atom is -0.493 e. The van der Waals surface area contributed by atoms with Crippen molar-refractivity contribution in [2.45, 2.75) is 12.8 Å². The van der Waals surface area contributed by atoms with Crippen molar-refractivity contribution < 1.29 is 17.9 Å². The summed E-state index contributed by atoms with van der Waals surface area (Å²) in [5.41, 5.74) is 0.783. The van der Waals surface area contributed by atoms with Crippen LogP contribution in [0.3, 0.4) is 0 Å². The predicted octanol–water partition coefficient (Wildman–Crippen LogP) is 0.657. The van der Waals surface area contributed by atoms with Crippen LogP contribution >= 0.6 is 0 Å². The Balaban J connectivity index is 1.79. The summed E-state index contributed by atoms with van der Waals surface area (Å²) < 4.78 is 35.2. The molecule has 0 atom stereocenters. The Morgan fingerprint density at radius 2 is 1.85 bits per heavy atom. The Bertz CT molecular complexity index is 882. The van der Waals surface area contributed by atoms with Gasteiger partial charge in [-0.25, -0.2) is 19.8 Å². The number of nitrogens with two attached hydrogens (primary N) is 1. The lowest BCUT2D eigenvalue weighted by molar-refractivity contribution is 0.355. The Hall–Kier alpha value is -2.17. The minimum atomic E-state index is -3.64. The molecule has 3 rings (SSSR count). The highest BCUT2D eigenvalue weighted by atomic mass is 32.2. The van der Waals surface area contributed by atoms with Gasteiger partial charge in [-0.15, -0.1) is 0 Å². The fraction of sp³-hybridized carbons (Fsp3) is 0.500. The summed E-state index contributed by atoms with van der Waals surface area (Å²) >= 11 is 0. The van der Waals surface area contributed by atoms with Crippen molar-refractivity contribution >= 4 is 26.9 Å². The van der Waals surface area contributed by atoms with Crippen molar-refractivity contribution in [3.05, 3.63) is 18.5 Å². The highest BCUT2D eigenvalue weighted by Crippen LogP contribution is 2.35. The molecule has 0 amide bonds. The number of anilines is 1. The molecule has 1 aromatic heterocycles. The summed E-state index contributed by atoms with van der Waals surface area (Å²) in [6, 6.07) is 3.72. The highest BCUT2D eigenvalue weighted by molar-refractivity contribution is 7.87. The van der Waals surface area contributed by atoms with Crippen LogP contribution in [0.1, 0.15) is 12.8 Å². The molecule has 1 aromatic carbocycles. The van der Waals surface area contributed by atoms with E-state index in [1.54, 1.807) is 14.2 Å². The molecule has 2 heterocycles. The van der Waals surface area contributed by atoms with Gasteiger partial charge in [0.15, 0.2) is 11.5 Å². The number of piperidine rings is 1. The van der Waals surface area contributed by atoms with Crippen LogP contribution in [0.2, 0.25) is 0 Å². The number of methoxy groups -OCH3 is 2. The van der Waals surface area contributed by atoms with E-state index in [1.807, 2.05) is 12.1 Å². The van der Waals surface area contributed by atoms with Crippen LogP contribution < -0.4 is 24.2 Å². The number of aromatic nitrogens is 2. The van der Waals surface area contributed by atoms with Gasteiger partial charge in [0, 0.05) is 31.1 Å². The zero-order chi connectivity index (χ0) is 18.7. The molecule has 1 fully saturated rings. The van der Waals surface area contributed by atoms with Gasteiger partial charge in [-0.3, -0.25) is 0 Å². The fourth-order valence-electron chi connectivity index (χ4n) is 3.20. The average molecular weight is 381 g/mol. The topological polar surface area (TPSA) is 120 Å². The lowest BCUT2D eigenvalue weighted by atomic mass is 9.97. The van der Waals surface area contributed by atoms with Crippen LogP contribution in [0.4, 0.5) is 5.82 Å². The standard InChI is InChI=1S/C16H23N5O4S/c1-24-14-7-12-13(8-15(14)25-2)18-10-19-16(12)21-5-3-11(4-6-21)9-20-26(17,22)23/h7-8,10-11,20H,3-6,9H2,1-2H3,(H2,17,22,23). The normalized spacial score (nSPS) is 16.0. The molecule has 1 saturated heterocycles.